The molecule has 7 nitrogen and oxygen atoms in total. The van der Waals surface area contributed by atoms with Crippen molar-refractivity contribution < 1.29 is 13.9 Å². The number of halogens is 1. The van der Waals surface area contributed by atoms with Crippen LogP contribution >= 0.6 is 0 Å². The van der Waals surface area contributed by atoms with E-state index in [0.717, 1.165) is 23.5 Å². The Kier molecular flexibility index (Phi) is 7.02. The van der Waals surface area contributed by atoms with Gasteiger partial charge in [0.15, 0.2) is 0 Å². The van der Waals surface area contributed by atoms with E-state index in [2.05, 4.69) is 20.7 Å². The van der Waals surface area contributed by atoms with Crippen molar-refractivity contribution in [1.82, 2.24) is 15.1 Å². The molecule has 0 unspecified atom stereocenters. The standard InChI is InChI=1S/C23H26FN5O2/c1-5-29-16(3)19(15(2)28-29)14-25-23(26-20-8-6-7-9-21(20)31-4)27-22(30)17-10-12-18(24)13-11-17/h6-13H,5,14H2,1-4H3,(H2,25,26,27,30). The number of hydrogen-bond donors (Lipinski definition) is 2. The molecule has 162 valence electrons. The molecule has 1 amide bonds. The number of anilines is 1. The minimum absolute atomic E-state index is 0.252. The topological polar surface area (TPSA) is 80.5 Å². The number of nitrogens with zero attached hydrogens (tertiary/aromatic N) is 3. The average Bonchev–Trinajstić information content (AvgIpc) is 3.05. The van der Waals surface area contributed by atoms with Crippen LogP contribution in [-0.4, -0.2) is 28.8 Å². The summed E-state index contributed by atoms with van der Waals surface area (Å²) in [6.45, 7) is 7.07. The van der Waals surface area contributed by atoms with Gasteiger partial charge in [-0.3, -0.25) is 14.8 Å². The van der Waals surface area contributed by atoms with Gasteiger partial charge in [0, 0.05) is 23.4 Å². The summed E-state index contributed by atoms with van der Waals surface area (Å²) in [7, 11) is 1.57. The lowest BCUT2D eigenvalue weighted by molar-refractivity contribution is 0.0977. The molecule has 0 spiro atoms. The third-order valence-corrected chi connectivity index (χ3v) is 4.92. The van der Waals surface area contributed by atoms with Gasteiger partial charge in [-0.25, -0.2) is 9.38 Å². The molecule has 0 radical (unpaired) electrons. The molecule has 0 fully saturated rings. The second kappa shape index (κ2) is 9.88. The van der Waals surface area contributed by atoms with Crippen LogP contribution in [0.15, 0.2) is 53.5 Å². The van der Waals surface area contributed by atoms with E-state index in [0.29, 0.717) is 23.5 Å². The summed E-state index contributed by atoms with van der Waals surface area (Å²) < 4.78 is 20.5. The van der Waals surface area contributed by atoms with Crippen LogP contribution in [0.1, 0.15) is 34.2 Å². The minimum Gasteiger partial charge on any atom is -0.495 e. The molecule has 3 rings (SSSR count). The van der Waals surface area contributed by atoms with Crippen molar-refractivity contribution in [2.24, 2.45) is 4.99 Å². The van der Waals surface area contributed by atoms with E-state index in [1.165, 1.54) is 24.3 Å². The molecule has 2 N–H and O–H groups in total. The maximum absolute atomic E-state index is 13.2. The fraction of sp³-hybridized carbons (Fsp3) is 0.261. The fourth-order valence-electron chi connectivity index (χ4n) is 3.20. The maximum atomic E-state index is 13.2. The van der Waals surface area contributed by atoms with E-state index in [-0.39, 0.29) is 5.96 Å². The molecule has 0 bridgehead atoms. The van der Waals surface area contributed by atoms with Crippen LogP contribution in [0, 0.1) is 19.7 Å². The number of amides is 1. The predicted molar refractivity (Wildman–Crippen MR) is 119 cm³/mol. The Balaban J connectivity index is 1.89. The highest BCUT2D eigenvalue weighted by Gasteiger charge is 2.14. The molecule has 31 heavy (non-hydrogen) atoms. The number of aryl methyl sites for hydroxylation is 2. The van der Waals surface area contributed by atoms with Gasteiger partial charge in [-0.15, -0.1) is 0 Å². The molecule has 0 aliphatic rings. The molecular formula is C23H26FN5O2. The molecule has 1 aromatic heterocycles. The lowest BCUT2D eigenvalue weighted by atomic mass is 10.2. The van der Waals surface area contributed by atoms with Crippen molar-refractivity contribution in [2.75, 3.05) is 12.4 Å². The zero-order valence-electron chi connectivity index (χ0n) is 18.1. The van der Waals surface area contributed by atoms with E-state index in [1.54, 1.807) is 13.2 Å². The van der Waals surface area contributed by atoms with Crippen LogP contribution in [0.5, 0.6) is 5.75 Å². The first kappa shape index (κ1) is 22.0. The summed E-state index contributed by atoms with van der Waals surface area (Å²) >= 11 is 0. The van der Waals surface area contributed by atoms with Gasteiger partial charge < -0.3 is 10.1 Å². The Morgan fingerprint density at radius 2 is 1.87 bits per heavy atom. The van der Waals surface area contributed by atoms with E-state index < -0.39 is 11.7 Å². The Morgan fingerprint density at radius 1 is 1.16 bits per heavy atom. The quantitative estimate of drug-likeness (QED) is 0.463. The summed E-state index contributed by atoms with van der Waals surface area (Å²) in [5.41, 5.74) is 3.90. The number of ether oxygens (including phenoxy) is 1. The molecular weight excluding hydrogens is 397 g/mol. The molecule has 0 saturated heterocycles. The zero-order chi connectivity index (χ0) is 22.4. The van der Waals surface area contributed by atoms with Crippen molar-refractivity contribution >= 4 is 17.6 Å². The monoisotopic (exact) mass is 423 g/mol. The summed E-state index contributed by atoms with van der Waals surface area (Å²) in [6, 6.07) is 12.7. The Hall–Kier alpha value is -3.68. The minimum atomic E-state index is -0.406. The van der Waals surface area contributed by atoms with Gasteiger partial charge in [0.05, 0.1) is 25.0 Å². The highest BCUT2D eigenvalue weighted by atomic mass is 19.1. The van der Waals surface area contributed by atoms with E-state index in [9.17, 15) is 9.18 Å². The Bertz CT molecular complexity index is 1090. The first-order valence-electron chi connectivity index (χ1n) is 9.97. The van der Waals surface area contributed by atoms with Crippen molar-refractivity contribution in [2.45, 2.75) is 33.9 Å². The lowest BCUT2D eigenvalue weighted by Crippen LogP contribution is -2.36. The number of guanidine groups is 1. The van der Waals surface area contributed by atoms with Gasteiger partial charge in [-0.05, 0) is 57.2 Å². The van der Waals surface area contributed by atoms with Crippen LogP contribution in [0.25, 0.3) is 0 Å². The third kappa shape index (κ3) is 5.28. The Morgan fingerprint density at radius 3 is 2.52 bits per heavy atom. The molecule has 3 aromatic rings. The zero-order valence-corrected chi connectivity index (χ0v) is 18.1. The molecule has 0 atom stereocenters. The number of methoxy groups -OCH3 is 1. The SMILES string of the molecule is CCn1nc(C)c(CN=C(NC(=O)c2ccc(F)cc2)Nc2ccccc2OC)c1C. The van der Waals surface area contributed by atoms with E-state index in [1.807, 2.05) is 43.7 Å². The smallest absolute Gasteiger partial charge is 0.257 e. The lowest BCUT2D eigenvalue weighted by Gasteiger charge is -2.14. The summed E-state index contributed by atoms with van der Waals surface area (Å²) in [4.78, 5) is 17.3. The van der Waals surface area contributed by atoms with Crippen molar-refractivity contribution in [1.29, 1.82) is 0 Å². The van der Waals surface area contributed by atoms with Gasteiger partial charge in [0.1, 0.15) is 11.6 Å². The van der Waals surface area contributed by atoms with E-state index in [4.69, 9.17) is 4.74 Å². The molecule has 0 aliphatic heterocycles. The number of aromatic nitrogens is 2. The van der Waals surface area contributed by atoms with Gasteiger partial charge in [-0.2, -0.15) is 5.10 Å². The van der Waals surface area contributed by atoms with Crippen LogP contribution < -0.4 is 15.4 Å². The molecule has 2 aromatic carbocycles. The summed E-state index contributed by atoms with van der Waals surface area (Å²) in [5, 5.41) is 10.4. The van der Waals surface area contributed by atoms with Crippen LogP contribution in [-0.2, 0) is 13.1 Å². The number of benzene rings is 2. The number of aliphatic imine (C=N–C) groups is 1. The van der Waals surface area contributed by atoms with Crippen LogP contribution in [0.4, 0.5) is 10.1 Å². The first-order valence-corrected chi connectivity index (χ1v) is 9.97. The average molecular weight is 423 g/mol. The van der Waals surface area contributed by atoms with Gasteiger partial charge in [0.25, 0.3) is 5.91 Å². The number of hydrogen-bond acceptors (Lipinski definition) is 4. The highest BCUT2D eigenvalue weighted by Crippen LogP contribution is 2.23. The molecule has 1 heterocycles. The Labute approximate surface area is 181 Å². The van der Waals surface area contributed by atoms with E-state index >= 15 is 0 Å². The molecule has 8 heteroatoms. The normalized spacial score (nSPS) is 11.3. The number of carbonyl (C=O) groups excluding carboxylic acids is 1. The molecule has 0 saturated carbocycles. The summed E-state index contributed by atoms with van der Waals surface area (Å²) in [6.07, 6.45) is 0. The predicted octanol–water partition coefficient (Wildman–Crippen LogP) is 4.07. The van der Waals surface area contributed by atoms with Crippen molar-refractivity contribution in [3.05, 3.63) is 76.9 Å². The first-order chi connectivity index (χ1) is 14.9. The maximum Gasteiger partial charge on any atom is 0.257 e. The fourth-order valence-corrected chi connectivity index (χ4v) is 3.20. The van der Waals surface area contributed by atoms with Gasteiger partial charge in [0.2, 0.25) is 5.96 Å². The number of rotatable bonds is 6. The van der Waals surface area contributed by atoms with Crippen molar-refractivity contribution in [3.8, 4) is 5.75 Å². The van der Waals surface area contributed by atoms with Gasteiger partial charge in [-0.1, -0.05) is 12.1 Å². The highest BCUT2D eigenvalue weighted by molar-refractivity contribution is 6.10. The van der Waals surface area contributed by atoms with Gasteiger partial charge >= 0.3 is 0 Å². The van der Waals surface area contributed by atoms with Crippen molar-refractivity contribution in [3.63, 3.8) is 0 Å². The molecule has 0 aliphatic carbocycles. The largest absolute Gasteiger partial charge is 0.495 e. The number of nitrogens with one attached hydrogen (secondary N) is 2. The van der Waals surface area contributed by atoms with Crippen LogP contribution in [0.2, 0.25) is 0 Å². The number of carbonyl (C=O) groups is 1. The second-order valence-electron chi connectivity index (χ2n) is 6.92. The summed E-state index contributed by atoms with van der Waals surface area (Å²) in [5.74, 6) is 0.0505. The van der Waals surface area contributed by atoms with Crippen LogP contribution in [0.3, 0.4) is 0 Å². The number of para-hydroxylation sites is 2. The second-order valence-corrected chi connectivity index (χ2v) is 6.92. The third-order valence-electron chi connectivity index (χ3n) is 4.92.